The van der Waals surface area contributed by atoms with Crippen LogP contribution in [0.2, 0.25) is 0 Å². The van der Waals surface area contributed by atoms with Gasteiger partial charge in [-0.25, -0.2) is 8.42 Å². The summed E-state index contributed by atoms with van der Waals surface area (Å²) in [5.41, 5.74) is 0.544. The molecule has 1 aromatic rings. The smallest absolute Gasteiger partial charge is 0.161 e. The molecule has 0 unspecified atom stereocenters. The van der Waals surface area contributed by atoms with Crippen molar-refractivity contribution in [1.82, 2.24) is 0 Å². The molecule has 0 spiro atoms. The molecule has 0 saturated heterocycles. The van der Waals surface area contributed by atoms with Crippen molar-refractivity contribution in [2.45, 2.75) is 20.3 Å². The number of methoxy groups -OCH3 is 1. The Labute approximate surface area is 119 Å². The van der Waals surface area contributed by atoms with Gasteiger partial charge in [-0.1, -0.05) is 6.92 Å². The van der Waals surface area contributed by atoms with Crippen LogP contribution in [-0.4, -0.2) is 39.4 Å². The van der Waals surface area contributed by atoms with Crippen molar-refractivity contribution in [1.29, 1.82) is 0 Å². The van der Waals surface area contributed by atoms with Crippen LogP contribution in [0.5, 0.6) is 11.5 Å². The fraction of sp³-hybridized carbons (Fsp3) is 0.500. The van der Waals surface area contributed by atoms with E-state index in [-0.39, 0.29) is 23.9 Å². The topological polar surface area (TPSA) is 69.7 Å². The predicted octanol–water partition coefficient (Wildman–Crippen LogP) is 2.10. The monoisotopic (exact) mass is 300 g/mol. The number of carbonyl (C=O) groups excluding carboxylic acids is 1. The second-order valence-electron chi connectivity index (χ2n) is 4.36. The van der Waals surface area contributed by atoms with Crippen LogP contribution in [0.15, 0.2) is 18.2 Å². The standard InChI is InChI=1S/C14H20O5S/c1-4-20(16,17)9-5-8-19-13-7-6-12(11(2)15)10-14(13)18-3/h6-7,10H,4-5,8-9H2,1-3H3. The van der Waals surface area contributed by atoms with Crippen molar-refractivity contribution in [2.75, 3.05) is 25.2 Å². The molecular formula is C14H20O5S. The Balaban J connectivity index is 2.62. The van der Waals surface area contributed by atoms with Crippen molar-refractivity contribution in [3.8, 4) is 11.5 Å². The van der Waals surface area contributed by atoms with E-state index in [0.29, 0.717) is 23.5 Å². The van der Waals surface area contributed by atoms with Crippen LogP contribution in [0, 0.1) is 0 Å². The maximum atomic E-state index is 11.3. The molecule has 0 bridgehead atoms. The van der Waals surface area contributed by atoms with E-state index in [0.717, 1.165) is 0 Å². The second kappa shape index (κ2) is 7.28. The molecule has 0 atom stereocenters. The molecule has 0 amide bonds. The zero-order chi connectivity index (χ0) is 15.2. The Morgan fingerprint density at radius 1 is 1.25 bits per heavy atom. The Morgan fingerprint density at radius 3 is 2.50 bits per heavy atom. The molecule has 0 aliphatic heterocycles. The zero-order valence-corrected chi connectivity index (χ0v) is 12.8. The Hall–Kier alpha value is -1.56. The predicted molar refractivity (Wildman–Crippen MR) is 77.4 cm³/mol. The lowest BCUT2D eigenvalue weighted by molar-refractivity contribution is 0.101. The summed E-state index contributed by atoms with van der Waals surface area (Å²) in [6.45, 7) is 3.39. The fourth-order valence-corrected chi connectivity index (χ4v) is 2.46. The molecular weight excluding hydrogens is 280 g/mol. The molecule has 0 aliphatic carbocycles. The Kier molecular flexibility index (Phi) is 6.01. The van der Waals surface area contributed by atoms with E-state index in [2.05, 4.69) is 0 Å². The highest BCUT2D eigenvalue weighted by molar-refractivity contribution is 7.91. The molecule has 0 heterocycles. The summed E-state index contributed by atoms with van der Waals surface area (Å²) in [7, 11) is -1.47. The van der Waals surface area contributed by atoms with Gasteiger partial charge < -0.3 is 9.47 Å². The van der Waals surface area contributed by atoms with Gasteiger partial charge in [-0.2, -0.15) is 0 Å². The summed E-state index contributed by atoms with van der Waals surface area (Å²) < 4.78 is 33.3. The van der Waals surface area contributed by atoms with E-state index in [1.54, 1.807) is 25.1 Å². The quantitative estimate of drug-likeness (QED) is 0.543. The molecule has 0 saturated carbocycles. The zero-order valence-electron chi connectivity index (χ0n) is 12.0. The van der Waals surface area contributed by atoms with E-state index in [9.17, 15) is 13.2 Å². The number of benzene rings is 1. The van der Waals surface area contributed by atoms with Gasteiger partial charge in [0.15, 0.2) is 17.3 Å². The first-order valence-corrected chi connectivity index (χ1v) is 8.24. The summed E-state index contributed by atoms with van der Waals surface area (Å²) in [5.74, 6) is 1.17. The lowest BCUT2D eigenvalue weighted by Crippen LogP contribution is -2.12. The van der Waals surface area contributed by atoms with Crippen LogP contribution in [-0.2, 0) is 9.84 Å². The van der Waals surface area contributed by atoms with Crippen molar-refractivity contribution in [2.24, 2.45) is 0 Å². The molecule has 6 heteroatoms. The van der Waals surface area contributed by atoms with Crippen LogP contribution in [0.25, 0.3) is 0 Å². The molecule has 112 valence electrons. The minimum Gasteiger partial charge on any atom is -0.493 e. The maximum Gasteiger partial charge on any atom is 0.161 e. The number of ketones is 1. The van der Waals surface area contributed by atoms with E-state index >= 15 is 0 Å². The number of hydrogen-bond acceptors (Lipinski definition) is 5. The van der Waals surface area contributed by atoms with Crippen LogP contribution in [0.4, 0.5) is 0 Å². The average molecular weight is 300 g/mol. The van der Waals surface area contributed by atoms with Gasteiger partial charge >= 0.3 is 0 Å². The highest BCUT2D eigenvalue weighted by Gasteiger charge is 2.10. The highest BCUT2D eigenvalue weighted by atomic mass is 32.2. The van der Waals surface area contributed by atoms with Gasteiger partial charge in [0.2, 0.25) is 0 Å². The van der Waals surface area contributed by atoms with Gasteiger partial charge in [0.25, 0.3) is 0 Å². The Bertz CT molecular complexity index is 563. The lowest BCUT2D eigenvalue weighted by Gasteiger charge is -2.11. The fourth-order valence-electron chi connectivity index (χ4n) is 1.61. The minimum atomic E-state index is -2.96. The molecule has 0 aliphatic rings. The number of carbonyl (C=O) groups is 1. The molecule has 20 heavy (non-hydrogen) atoms. The maximum absolute atomic E-state index is 11.3. The number of ether oxygens (including phenoxy) is 2. The third-order valence-corrected chi connectivity index (χ3v) is 4.66. The molecule has 0 fully saturated rings. The van der Waals surface area contributed by atoms with E-state index < -0.39 is 9.84 Å². The molecule has 0 N–H and O–H groups in total. The molecule has 5 nitrogen and oxygen atoms in total. The van der Waals surface area contributed by atoms with Crippen molar-refractivity contribution in [3.05, 3.63) is 23.8 Å². The van der Waals surface area contributed by atoms with Crippen LogP contribution >= 0.6 is 0 Å². The SMILES string of the molecule is CCS(=O)(=O)CCCOc1ccc(C(C)=O)cc1OC. The lowest BCUT2D eigenvalue weighted by atomic mass is 10.1. The van der Waals surface area contributed by atoms with Crippen molar-refractivity contribution >= 4 is 15.6 Å². The van der Waals surface area contributed by atoms with Gasteiger partial charge in [0, 0.05) is 11.3 Å². The van der Waals surface area contributed by atoms with E-state index in [1.807, 2.05) is 0 Å². The third kappa shape index (κ3) is 4.85. The summed E-state index contributed by atoms with van der Waals surface area (Å²) in [4.78, 5) is 11.3. The van der Waals surface area contributed by atoms with Gasteiger partial charge in [-0.05, 0) is 31.5 Å². The minimum absolute atomic E-state index is 0.0520. The largest absolute Gasteiger partial charge is 0.493 e. The first-order chi connectivity index (χ1) is 9.39. The second-order valence-corrected chi connectivity index (χ2v) is 6.83. The molecule has 0 radical (unpaired) electrons. The van der Waals surface area contributed by atoms with Gasteiger partial charge in [-0.3, -0.25) is 4.79 Å². The van der Waals surface area contributed by atoms with Gasteiger partial charge in [0.1, 0.15) is 9.84 Å². The summed E-state index contributed by atoms with van der Waals surface area (Å²) in [6.07, 6.45) is 0.424. The first-order valence-electron chi connectivity index (χ1n) is 6.42. The Morgan fingerprint density at radius 2 is 1.95 bits per heavy atom. The van der Waals surface area contributed by atoms with Crippen LogP contribution in [0.1, 0.15) is 30.6 Å². The molecule has 1 rings (SSSR count). The van der Waals surface area contributed by atoms with E-state index in [4.69, 9.17) is 9.47 Å². The van der Waals surface area contributed by atoms with E-state index in [1.165, 1.54) is 14.0 Å². The number of sulfone groups is 1. The third-order valence-electron chi connectivity index (χ3n) is 2.87. The number of Topliss-reactive ketones (excluding diaryl/α,β-unsaturated/α-hetero) is 1. The number of hydrogen-bond donors (Lipinski definition) is 0. The first kappa shape index (κ1) is 16.5. The summed E-state index contributed by atoms with van der Waals surface area (Å²) in [6, 6.07) is 4.92. The molecule has 1 aromatic carbocycles. The van der Waals surface area contributed by atoms with Gasteiger partial charge in [-0.15, -0.1) is 0 Å². The normalized spacial score (nSPS) is 11.2. The summed E-state index contributed by atoms with van der Waals surface area (Å²) in [5, 5.41) is 0. The molecule has 0 aromatic heterocycles. The van der Waals surface area contributed by atoms with Crippen molar-refractivity contribution < 1.29 is 22.7 Å². The van der Waals surface area contributed by atoms with Gasteiger partial charge in [0.05, 0.1) is 19.5 Å². The summed E-state index contributed by atoms with van der Waals surface area (Å²) >= 11 is 0. The highest BCUT2D eigenvalue weighted by Crippen LogP contribution is 2.28. The average Bonchev–Trinajstić information content (AvgIpc) is 2.43. The van der Waals surface area contributed by atoms with Crippen LogP contribution < -0.4 is 9.47 Å². The number of rotatable bonds is 8. The van der Waals surface area contributed by atoms with Crippen LogP contribution in [0.3, 0.4) is 0 Å². The van der Waals surface area contributed by atoms with Crippen molar-refractivity contribution in [3.63, 3.8) is 0 Å².